The van der Waals surface area contributed by atoms with Crippen LogP contribution in [0.2, 0.25) is 0 Å². The number of nitrogens with zero attached hydrogens (tertiary/aromatic N) is 2. The smallest absolute Gasteiger partial charge is 0.413 e. The van der Waals surface area contributed by atoms with E-state index in [-0.39, 0.29) is 5.56 Å². The van der Waals surface area contributed by atoms with Gasteiger partial charge in [0.25, 0.3) is 0 Å². The van der Waals surface area contributed by atoms with Gasteiger partial charge in [0.15, 0.2) is 0 Å². The van der Waals surface area contributed by atoms with Crippen LogP contribution < -0.4 is 5.32 Å². The summed E-state index contributed by atoms with van der Waals surface area (Å²) in [5.41, 5.74) is -1.75. The number of hydrogen-bond acceptors (Lipinski definition) is 7. The Bertz CT molecular complexity index is 579. The quantitative estimate of drug-likeness (QED) is 0.515. The molecule has 1 heterocycles. The maximum atomic E-state index is 11.6. The number of nitro groups is 1. The number of aromatic nitrogens is 1. The predicted molar refractivity (Wildman–Crippen MR) is 72.1 cm³/mol. The fourth-order valence-electron chi connectivity index (χ4n) is 1.41. The molecule has 0 spiro atoms. The van der Waals surface area contributed by atoms with Gasteiger partial charge in [-0.1, -0.05) is 0 Å². The van der Waals surface area contributed by atoms with Gasteiger partial charge in [0.05, 0.1) is 12.0 Å². The van der Waals surface area contributed by atoms with Crippen molar-refractivity contribution in [1.82, 2.24) is 4.98 Å². The number of esters is 1. The molecule has 1 rings (SSSR count). The molecule has 0 radical (unpaired) electrons. The molecule has 9 nitrogen and oxygen atoms in total. The van der Waals surface area contributed by atoms with E-state index in [0.29, 0.717) is 0 Å². The van der Waals surface area contributed by atoms with Gasteiger partial charge in [-0.15, -0.1) is 0 Å². The van der Waals surface area contributed by atoms with Crippen molar-refractivity contribution in [2.75, 3.05) is 12.4 Å². The molecular formula is C12H15N3O6. The molecule has 1 N–H and O–H groups in total. The van der Waals surface area contributed by atoms with E-state index in [0.717, 1.165) is 19.4 Å². The van der Waals surface area contributed by atoms with Crippen molar-refractivity contribution in [2.45, 2.75) is 26.4 Å². The summed E-state index contributed by atoms with van der Waals surface area (Å²) in [6.07, 6.45) is 0.228. The lowest BCUT2D eigenvalue weighted by atomic mass is 10.2. The second kappa shape index (κ2) is 6.16. The third-order valence-electron chi connectivity index (χ3n) is 2.13. The summed E-state index contributed by atoms with van der Waals surface area (Å²) in [5, 5.41) is 13.2. The number of carbonyl (C=O) groups excluding carboxylic acids is 2. The van der Waals surface area contributed by atoms with Crippen LogP contribution in [-0.2, 0) is 9.47 Å². The predicted octanol–water partition coefficient (Wildman–Crippen LogP) is 2.12. The van der Waals surface area contributed by atoms with Crippen molar-refractivity contribution < 1.29 is 24.0 Å². The number of pyridine rings is 1. The highest BCUT2D eigenvalue weighted by atomic mass is 16.6. The van der Waals surface area contributed by atoms with E-state index in [1.807, 2.05) is 0 Å². The van der Waals surface area contributed by atoms with Gasteiger partial charge < -0.3 is 9.47 Å². The zero-order chi connectivity index (χ0) is 16.2. The molecule has 0 saturated carbocycles. The normalized spacial score (nSPS) is 10.7. The number of hydrogen-bond donors (Lipinski definition) is 1. The number of anilines is 1. The molecule has 0 aliphatic heterocycles. The number of ether oxygens (including phenoxy) is 2. The van der Waals surface area contributed by atoms with Crippen molar-refractivity contribution in [3.05, 3.63) is 27.9 Å². The van der Waals surface area contributed by atoms with Gasteiger partial charge in [-0.05, 0) is 26.8 Å². The van der Waals surface area contributed by atoms with Gasteiger partial charge in [-0.2, -0.15) is 0 Å². The SMILES string of the molecule is COC(=O)c1ccnc(NC(=O)OC(C)(C)C)c1[N+](=O)[O-]. The second-order valence-electron chi connectivity index (χ2n) is 4.93. The number of carbonyl (C=O) groups is 2. The highest BCUT2D eigenvalue weighted by molar-refractivity contribution is 5.98. The Morgan fingerprint density at radius 1 is 1.38 bits per heavy atom. The van der Waals surface area contributed by atoms with Crippen molar-refractivity contribution in [1.29, 1.82) is 0 Å². The van der Waals surface area contributed by atoms with E-state index in [4.69, 9.17) is 4.74 Å². The van der Waals surface area contributed by atoms with Crippen LogP contribution in [0.5, 0.6) is 0 Å². The van der Waals surface area contributed by atoms with Crippen LogP contribution in [0.1, 0.15) is 31.1 Å². The Labute approximate surface area is 120 Å². The number of methoxy groups -OCH3 is 1. The molecule has 9 heteroatoms. The Hall–Kier alpha value is -2.71. The van der Waals surface area contributed by atoms with Gasteiger partial charge in [0.1, 0.15) is 11.2 Å². The molecule has 0 fully saturated rings. The molecule has 0 saturated heterocycles. The summed E-state index contributed by atoms with van der Waals surface area (Å²) in [7, 11) is 1.09. The maximum absolute atomic E-state index is 11.6. The van der Waals surface area contributed by atoms with Crippen molar-refractivity contribution in [3.63, 3.8) is 0 Å². The first kappa shape index (κ1) is 16.3. The van der Waals surface area contributed by atoms with E-state index in [1.54, 1.807) is 20.8 Å². The molecule has 0 bridgehead atoms. The third-order valence-corrected chi connectivity index (χ3v) is 2.13. The molecule has 0 aromatic carbocycles. The first-order valence-electron chi connectivity index (χ1n) is 5.87. The van der Waals surface area contributed by atoms with Crippen LogP contribution in [0.25, 0.3) is 0 Å². The fourth-order valence-corrected chi connectivity index (χ4v) is 1.41. The van der Waals surface area contributed by atoms with Crippen molar-refractivity contribution in [2.24, 2.45) is 0 Å². The average Bonchev–Trinajstić information content (AvgIpc) is 2.34. The Kier molecular flexibility index (Phi) is 4.79. The molecular weight excluding hydrogens is 282 g/mol. The fraction of sp³-hybridized carbons (Fsp3) is 0.417. The van der Waals surface area contributed by atoms with Crippen LogP contribution >= 0.6 is 0 Å². The van der Waals surface area contributed by atoms with Gasteiger partial charge in [0.2, 0.25) is 5.82 Å². The van der Waals surface area contributed by atoms with Crippen LogP contribution in [0.4, 0.5) is 16.3 Å². The van der Waals surface area contributed by atoms with E-state index in [2.05, 4.69) is 15.0 Å². The van der Waals surface area contributed by atoms with Crippen LogP contribution in [0.3, 0.4) is 0 Å². The van der Waals surface area contributed by atoms with Gasteiger partial charge in [-0.3, -0.25) is 15.4 Å². The molecule has 0 unspecified atom stereocenters. The maximum Gasteiger partial charge on any atom is 0.413 e. The summed E-state index contributed by atoms with van der Waals surface area (Å²) in [4.78, 5) is 37.1. The highest BCUT2D eigenvalue weighted by Crippen LogP contribution is 2.27. The van der Waals surface area contributed by atoms with Gasteiger partial charge >= 0.3 is 17.7 Å². The molecule has 21 heavy (non-hydrogen) atoms. The van der Waals surface area contributed by atoms with Crippen molar-refractivity contribution >= 4 is 23.6 Å². The lowest BCUT2D eigenvalue weighted by molar-refractivity contribution is -0.384. The number of amides is 1. The van der Waals surface area contributed by atoms with E-state index >= 15 is 0 Å². The van der Waals surface area contributed by atoms with Crippen LogP contribution in [0.15, 0.2) is 12.3 Å². The average molecular weight is 297 g/mol. The second-order valence-corrected chi connectivity index (χ2v) is 4.93. The third kappa shape index (κ3) is 4.41. The summed E-state index contributed by atoms with van der Waals surface area (Å²) in [5.74, 6) is -1.30. The summed E-state index contributed by atoms with van der Waals surface area (Å²) < 4.78 is 9.43. The minimum absolute atomic E-state index is 0.316. The largest absolute Gasteiger partial charge is 0.465 e. The molecule has 114 valence electrons. The van der Waals surface area contributed by atoms with Gasteiger partial charge in [0, 0.05) is 6.20 Å². The Morgan fingerprint density at radius 2 is 2.00 bits per heavy atom. The van der Waals surface area contributed by atoms with Crippen LogP contribution in [-0.4, -0.2) is 34.7 Å². The lowest BCUT2D eigenvalue weighted by Crippen LogP contribution is -2.28. The molecule has 0 atom stereocenters. The highest BCUT2D eigenvalue weighted by Gasteiger charge is 2.28. The summed E-state index contributed by atoms with van der Waals surface area (Å²) >= 11 is 0. The summed E-state index contributed by atoms with van der Waals surface area (Å²) in [6, 6.07) is 1.13. The van der Waals surface area contributed by atoms with Crippen molar-refractivity contribution in [3.8, 4) is 0 Å². The summed E-state index contributed by atoms with van der Waals surface area (Å²) in [6.45, 7) is 4.91. The van der Waals surface area contributed by atoms with E-state index in [9.17, 15) is 19.7 Å². The number of nitrogens with one attached hydrogen (secondary N) is 1. The van der Waals surface area contributed by atoms with Gasteiger partial charge in [-0.25, -0.2) is 14.6 Å². The standard InChI is InChI=1S/C12H15N3O6/c1-12(2,3)21-11(17)14-9-8(15(18)19)7(5-6-13-9)10(16)20-4/h5-6H,1-4H3,(H,13,14,17). The zero-order valence-corrected chi connectivity index (χ0v) is 12.0. The topological polar surface area (TPSA) is 121 Å². The minimum Gasteiger partial charge on any atom is -0.465 e. The molecule has 0 aliphatic carbocycles. The monoisotopic (exact) mass is 297 g/mol. The molecule has 0 aliphatic rings. The first-order valence-corrected chi connectivity index (χ1v) is 5.87. The van der Waals surface area contributed by atoms with E-state index in [1.165, 1.54) is 0 Å². The Morgan fingerprint density at radius 3 is 2.48 bits per heavy atom. The van der Waals surface area contributed by atoms with Crippen LogP contribution in [0, 0.1) is 10.1 Å². The first-order chi connectivity index (χ1) is 9.65. The molecule has 1 amide bonds. The minimum atomic E-state index is -0.917. The number of rotatable bonds is 3. The zero-order valence-electron chi connectivity index (χ0n) is 12.0. The molecule has 1 aromatic heterocycles. The molecule has 1 aromatic rings. The Balaban J connectivity index is 3.16. The lowest BCUT2D eigenvalue weighted by Gasteiger charge is -2.19. The van der Waals surface area contributed by atoms with E-state index < -0.39 is 34.1 Å².